The van der Waals surface area contributed by atoms with Crippen LogP contribution in [0.5, 0.6) is 0 Å². The standard InChI is InChI=1S/C20H26ClN3O3/c1-13(12-15-6-8-16(21)9-7-15)23(3)17(25)14(2)24-18(26)20(22-19(24)27)10-4-5-11-20/h6-9,13-14H,4-5,10-12H2,1-3H3,(H,22,27). The zero-order chi connectivity index (χ0) is 19.8. The lowest BCUT2D eigenvalue weighted by Gasteiger charge is -2.31. The van der Waals surface area contributed by atoms with Crippen LogP contribution < -0.4 is 5.32 Å². The van der Waals surface area contributed by atoms with Crippen LogP contribution in [0.2, 0.25) is 5.02 Å². The third-order valence-corrected chi connectivity index (χ3v) is 6.10. The van der Waals surface area contributed by atoms with Crippen molar-refractivity contribution >= 4 is 29.4 Å². The maximum atomic E-state index is 12.9. The highest BCUT2D eigenvalue weighted by atomic mass is 35.5. The second-order valence-corrected chi connectivity index (χ2v) is 8.14. The molecule has 146 valence electrons. The molecule has 1 N–H and O–H groups in total. The summed E-state index contributed by atoms with van der Waals surface area (Å²) in [6, 6.07) is 6.15. The Morgan fingerprint density at radius 3 is 2.41 bits per heavy atom. The summed E-state index contributed by atoms with van der Waals surface area (Å²) in [6.45, 7) is 3.57. The highest BCUT2D eigenvalue weighted by Gasteiger charge is 2.54. The summed E-state index contributed by atoms with van der Waals surface area (Å²) >= 11 is 5.91. The number of likely N-dealkylation sites (N-methyl/N-ethyl adjacent to an activating group) is 1. The highest BCUT2D eigenvalue weighted by molar-refractivity contribution is 6.30. The Morgan fingerprint density at radius 2 is 1.81 bits per heavy atom. The average molecular weight is 392 g/mol. The molecule has 1 aliphatic carbocycles. The normalized spacial score (nSPS) is 20.7. The molecule has 0 radical (unpaired) electrons. The van der Waals surface area contributed by atoms with Crippen molar-refractivity contribution in [2.24, 2.45) is 0 Å². The lowest BCUT2D eigenvalue weighted by atomic mass is 9.97. The number of carbonyl (C=O) groups is 3. The van der Waals surface area contributed by atoms with Crippen molar-refractivity contribution in [2.75, 3.05) is 7.05 Å². The van der Waals surface area contributed by atoms with Gasteiger partial charge in [-0.05, 0) is 50.8 Å². The van der Waals surface area contributed by atoms with E-state index < -0.39 is 17.6 Å². The van der Waals surface area contributed by atoms with E-state index >= 15 is 0 Å². The van der Waals surface area contributed by atoms with Gasteiger partial charge in [0.25, 0.3) is 5.91 Å². The molecule has 1 heterocycles. The molecule has 1 aliphatic heterocycles. The molecular weight excluding hydrogens is 366 g/mol. The summed E-state index contributed by atoms with van der Waals surface area (Å²) in [4.78, 5) is 40.9. The van der Waals surface area contributed by atoms with Crippen LogP contribution in [0.4, 0.5) is 4.79 Å². The zero-order valence-electron chi connectivity index (χ0n) is 16.0. The first kappa shape index (κ1) is 19.7. The number of urea groups is 1. The smallest absolute Gasteiger partial charge is 0.325 e. The van der Waals surface area contributed by atoms with Gasteiger partial charge in [0, 0.05) is 18.1 Å². The molecule has 2 aliphatic rings. The molecule has 7 heteroatoms. The van der Waals surface area contributed by atoms with Gasteiger partial charge < -0.3 is 10.2 Å². The molecule has 0 aromatic heterocycles. The quantitative estimate of drug-likeness (QED) is 0.784. The van der Waals surface area contributed by atoms with Crippen LogP contribution in [0.3, 0.4) is 0 Å². The number of rotatable bonds is 5. The van der Waals surface area contributed by atoms with Crippen LogP contribution in [-0.4, -0.2) is 52.3 Å². The molecule has 3 rings (SSSR count). The van der Waals surface area contributed by atoms with Crippen LogP contribution in [0.15, 0.2) is 24.3 Å². The SMILES string of the molecule is CC(Cc1ccc(Cl)cc1)N(C)C(=O)C(C)N1C(=O)NC2(CCCC2)C1=O. The number of halogens is 1. The van der Waals surface area contributed by atoms with E-state index in [1.807, 2.05) is 31.2 Å². The predicted molar refractivity (Wildman–Crippen MR) is 103 cm³/mol. The number of hydrogen-bond donors (Lipinski definition) is 1. The lowest BCUT2D eigenvalue weighted by Crippen LogP contribution is -2.52. The fourth-order valence-corrected chi connectivity index (χ4v) is 4.16. The van der Waals surface area contributed by atoms with Crippen molar-refractivity contribution < 1.29 is 14.4 Å². The van der Waals surface area contributed by atoms with Gasteiger partial charge >= 0.3 is 6.03 Å². The molecule has 1 saturated heterocycles. The molecule has 2 unspecified atom stereocenters. The number of imide groups is 1. The second kappa shape index (κ2) is 7.50. The first-order chi connectivity index (χ1) is 12.7. The molecule has 6 nitrogen and oxygen atoms in total. The molecule has 1 aromatic rings. The van der Waals surface area contributed by atoms with Crippen LogP contribution >= 0.6 is 11.6 Å². The summed E-state index contributed by atoms with van der Waals surface area (Å²) in [5.74, 6) is -0.500. The number of amides is 4. The maximum Gasteiger partial charge on any atom is 0.325 e. The average Bonchev–Trinajstić information content (AvgIpc) is 3.20. The van der Waals surface area contributed by atoms with Crippen LogP contribution in [-0.2, 0) is 16.0 Å². The van der Waals surface area contributed by atoms with Gasteiger partial charge in [-0.1, -0.05) is 36.6 Å². The van der Waals surface area contributed by atoms with E-state index in [9.17, 15) is 14.4 Å². The Labute approximate surface area is 164 Å². The highest BCUT2D eigenvalue weighted by Crippen LogP contribution is 2.36. The van der Waals surface area contributed by atoms with Crippen molar-refractivity contribution in [2.45, 2.75) is 63.6 Å². The van der Waals surface area contributed by atoms with Gasteiger partial charge in [0.05, 0.1) is 0 Å². The Bertz CT molecular complexity index is 743. The van der Waals surface area contributed by atoms with Gasteiger partial charge in [0.2, 0.25) is 5.91 Å². The molecule has 2 fully saturated rings. The van der Waals surface area contributed by atoms with E-state index in [0.717, 1.165) is 23.3 Å². The molecule has 1 aromatic carbocycles. The van der Waals surface area contributed by atoms with Gasteiger partial charge in [0.15, 0.2) is 0 Å². The van der Waals surface area contributed by atoms with Gasteiger partial charge in [-0.3, -0.25) is 9.59 Å². The Kier molecular flexibility index (Phi) is 5.47. The van der Waals surface area contributed by atoms with Gasteiger partial charge in [-0.15, -0.1) is 0 Å². The van der Waals surface area contributed by atoms with E-state index in [2.05, 4.69) is 5.32 Å². The van der Waals surface area contributed by atoms with Gasteiger partial charge in [-0.2, -0.15) is 0 Å². The number of hydrogen-bond acceptors (Lipinski definition) is 3. The van der Waals surface area contributed by atoms with Gasteiger partial charge in [0.1, 0.15) is 11.6 Å². The third kappa shape index (κ3) is 3.68. The molecule has 27 heavy (non-hydrogen) atoms. The Morgan fingerprint density at radius 1 is 1.22 bits per heavy atom. The summed E-state index contributed by atoms with van der Waals surface area (Å²) in [6.07, 6.45) is 3.80. The van der Waals surface area contributed by atoms with Crippen molar-refractivity contribution in [3.63, 3.8) is 0 Å². The zero-order valence-corrected chi connectivity index (χ0v) is 16.8. The summed E-state index contributed by atoms with van der Waals surface area (Å²) < 4.78 is 0. The Balaban J connectivity index is 1.67. The summed E-state index contributed by atoms with van der Waals surface area (Å²) in [7, 11) is 1.71. The topological polar surface area (TPSA) is 69.7 Å². The molecule has 2 atom stereocenters. The largest absolute Gasteiger partial charge is 0.341 e. The van der Waals surface area contributed by atoms with E-state index in [-0.39, 0.29) is 17.9 Å². The maximum absolute atomic E-state index is 12.9. The first-order valence-electron chi connectivity index (χ1n) is 9.42. The molecular formula is C20H26ClN3O3. The predicted octanol–water partition coefficient (Wildman–Crippen LogP) is 2.98. The summed E-state index contributed by atoms with van der Waals surface area (Å²) in [5, 5.41) is 3.50. The van der Waals surface area contributed by atoms with Crippen LogP contribution in [0.25, 0.3) is 0 Å². The minimum Gasteiger partial charge on any atom is -0.341 e. The van der Waals surface area contributed by atoms with E-state index in [1.54, 1.807) is 18.9 Å². The number of nitrogens with zero attached hydrogens (tertiary/aromatic N) is 2. The minimum atomic E-state index is -0.824. The molecule has 4 amide bonds. The first-order valence-corrected chi connectivity index (χ1v) is 9.80. The number of benzene rings is 1. The van der Waals surface area contributed by atoms with Gasteiger partial charge in [-0.25, -0.2) is 9.69 Å². The number of nitrogens with one attached hydrogen (secondary N) is 1. The van der Waals surface area contributed by atoms with Crippen molar-refractivity contribution in [3.8, 4) is 0 Å². The molecule has 1 saturated carbocycles. The van der Waals surface area contributed by atoms with E-state index in [1.165, 1.54) is 0 Å². The third-order valence-electron chi connectivity index (χ3n) is 5.85. The van der Waals surface area contributed by atoms with E-state index in [0.29, 0.717) is 24.3 Å². The summed E-state index contributed by atoms with van der Waals surface area (Å²) in [5.41, 5.74) is 0.276. The van der Waals surface area contributed by atoms with Crippen molar-refractivity contribution in [1.29, 1.82) is 0 Å². The minimum absolute atomic E-state index is 0.0812. The fourth-order valence-electron chi connectivity index (χ4n) is 4.03. The van der Waals surface area contributed by atoms with Crippen molar-refractivity contribution in [3.05, 3.63) is 34.9 Å². The lowest BCUT2D eigenvalue weighted by molar-refractivity contribution is -0.143. The molecule has 0 bridgehead atoms. The monoisotopic (exact) mass is 391 g/mol. The molecule has 1 spiro atoms. The Hall–Kier alpha value is -2.08. The fraction of sp³-hybridized carbons (Fsp3) is 0.550. The van der Waals surface area contributed by atoms with Crippen LogP contribution in [0.1, 0.15) is 45.1 Å². The second-order valence-electron chi connectivity index (χ2n) is 7.70. The van der Waals surface area contributed by atoms with Crippen LogP contribution in [0, 0.1) is 0 Å². The van der Waals surface area contributed by atoms with E-state index in [4.69, 9.17) is 11.6 Å². The number of carbonyl (C=O) groups excluding carboxylic acids is 3. The van der Waals surface area contributed by atoms with Crippen molar-refractivity contribution in [1.82, 2.24) is 15.1 Å².